The molecule has 164 valence electrons. The first-order valence-electron chi connectivity index (χ1n) is 10.9. The van der Waals surface area contributed by atoms with Crippen LogP contribution in [0, 0.1) is 11.8 Å². The molecule has 0 radical (unpaired) electrons. The van der Waals surface area contributed by atoms with Crippen LogP contribution in [0.4, 0.5) is 0 Å². The molecule has 0 amide bonds. The SMILES string of the molecule is CCN(CC)S(=O)(=O)c1ccc(S(=O)(=O)N2CCCC(C3CCCCC3)C2)cc1. The number of sulfonamides is 2. The number of hydrogen-bond acceptors (Lipinski definition) is 4. The van der Waals surface area contributed by atoms with E-state index in [9.17, 15) is 16.8 Å². The lowest BCUT2D eigenvalue weighted by molar-refractivity contribution is 0.165. The summed E-state index contributed by atoms with van der Waals surface area (Å²) in [6, 6.07) is 5.72. The fraction of sp³-hybridized carbons (Fsp3) is 0.714. The molecule has 8 heteroatoms. The second-order valence-corrected chi connectivity index (χ2v) is 12.1. The van der Waals surface area contributed by atoms with Crippen molar-refractivity contribution in [2.45, 2.75) is 68.6 Å². The van der Waals surface area contributed by atoms with Gasteiger partial charge in [0, 0.05) is 26.2 Å². The molecular formula is C21H34N2O4S2. The van der Waals surface area contributed by atoms with Crippen molar-refractivity contribution < 1.29 is 16.8 Å². The molecule has 1 aliphatic carbocycles. The van der Waals surface area contributed by atoms with E-state index in [4.69, 9.17) is 0 Å². The lowest BCUT2D eigenvalue weighted by Gasteiger charge is -2.37. The molecule has 1 saturated carbocycles. The Labute approximate surface area is 176 Å². The van der Waals surface area contributed by atoms with Crippen LogP contribution in [0.3, 0.4) is 0 Å². The molecular weight excluding hydrogens is 408 g/mol. The van der Waals surface area contributed by atoms with Crippen molar-refractivity contribution in [3.05, 3.63) is 24.3 Å². The van der Waals surface area contributed by atoms with Gasteiger partial charge in [-0.15, -0.1) is 0 Å². The minimum Gasteiger partial charge on any atom is -0.207 e. The van der Waals surface area contributed by atoms with Gasteiger partial charge in [-0.05, 0) is 48.9 Å². The average molecular weight is 443 g/mol. The van der Waals surface area contributed by atoms with Gasteiger partial charge in [-0.25, -0.2) is 16.8 Å². The van der Waals surface area contributed by atoms with Gasteiger partial charge < -0.3 is 0 Å². The maximum Gasteiger partial charge on any atom is 0.243 e. The van der Waals surface area contributed by atoms with Gasteiger partial charge in [0.15, 0.2) is 0 Å². The van der Waals surface area contributed by atoms with Crippen LogP contribution in [0.15, 0.2) is 34.1 Å². The third-order valence-electron chi connectivity index (χ3n) is 6.54. The quantitative estimate of drug-likeness (QED) is 0.645. The second-order valence-electron chi connectivity index (χ2n) is 8.22. The van der Waals surface area contributed by atoms with E-state index in [1.807, 2.05) is 0 Å². The zero-order valence-corrected chi connectivity index (χ0v) is 19.2. The molecule has 1 saturated heterocycles. The Morgan fingerprint density at radius 2 is 1.38 bits per heavy atom. The van der Waals surface area contributed by atoms with Crippen molar-refractivity contribution >= 4 is 20.0 Å². The molecule has 1 aromatic rings. The van der Waals surface area contributed by atoms with Crippen molar-refractivity contribution in [2.24, 2.45) is 11.8 Å². The summed E-state index contributed by atoms with van der Waals surface area (Å²) >= 11 is 0. The Bertz CT molecular complexity index is 872. The van der Waals surface area contributed by atoms with Gasteiger partial charge in [0.1, 0.15) is 0 Å². The summed E-state index contributed by atoms with van der Waals surface area (Å²) in [5, 5.41) is 0. The van der Waals surface area contributed by atoms with Gasteiger partial charge >= 0.3 is 0 Å². The molecule has 1 atom stereocenters. The fourth-order valence-corrected chi connectivity index (χ4v) is 7.82. The van der Waals surface area contributed by atoms with Crippen molar-refractivity contribution in [2.75, 3.05) is 26.2 Å². The van der Waals surface area contributed by atoms with Gasteiger partial charge in [0.05, 0.1) is 9.79 Å². The first kappa shape index (κ1) is 22.7. The van der Waals surface area contributed by atoms with E-state index in [1.54, 1.807) is 18.2 Å². The molecule has 2 aliphatic rings. The Kier molecular flexibility index (Phi) is 7.41. The molecule has 2 fully saturated rings. The Morgan fingerprint density at radius 3 is 1.97 bits per heavy atom. The Morgan fingerprint density at radius 1 is 0.828 bits per heavy atom. The Balaban J connectivity index is 1.77. The molecule has 3 rings (SSSR count). The highest BCUT2D eigenvalue weighted by Crippen LogP contribution is 2.36. The summed E-state index contributed by atoms with van der Waals surface area (Å²) in [7, 11) is -7.19. The number of benzene rings is 1. The van der Waals surface area contributed by atoms with E-state index >= 15 is 0 Å². The number of rotatable bonds is 7. The van der Waals surface area contributed by atoms with E-state index in [1.165, 1.54) is 60.7 Å². The minimum absolute atomic E-state index is 0.138. The highest BCUT2D eigenvalue weighted by molar-refractivity contribution is 7.89. The summed E-state index contributed by atoms with van der Waals surface area (Å²) < 4.78 is 54.6. The molecule has 1 heterocycles. The predicted molar refractivity (Wildman–Crippen MR) is 115 cm³/mol. The van der Waals surface area contributed by atoms with E-state index in [0.717, 1.165) is 12.8 Å². The van der Waals surface area contributed by atoms with Crippen LogP contribution in [0.5, 0.6) is 0 Å². The average Bonchev–Trinajstić information content (AvgIpc) is 2.75. The molecule has 0 bridgehead atoms. The molecule has 6 nitrogen and oxygen atoms in total. The smallest absolute Gasteiger partial charge is 0.207 e. The fourth-order valence-electron chi connectivity index (χ4n) is 4.83. The first-order valence-corrected chi connectivity index (χ1v) is 13.8. The van der Waals surface area contributed by atoms with Crippen LogP contribution in [0.2, 0.25) is 0 Å². The third kappa shape index (κ3) is 4.86. The lowest BCUT2D eigenvalue weighted by Crippen LogP contribution is -2.42. The molecule has 1 aromatic carbocycles. The van der Waals surface area contributed by atoms with Crippen LogP contribution in [0.1, 0.15) is 58.8 Å². The van der Waals surface area contributed by atoms with Crippen molar-refractivity contribution in [1.82, 2.24) is 8.61 Å². The van der Waals surface area contributed by atoms with E-state index in [-0.39, 0.29) is 9.79 Å². The largest absolute Gasteiger partial charge is 0.243 e. The monoisotopic (exact) mass is 442 g/mol. The molecule has 29 heavy (non-hydrogen) atoms. The van der Waals surface area contributed by atoms with Gasteiger partial charge in [-0.3, -0.25) is 0 Å². The molecule has 0 aromatic heterocycles. The van der Waals surface area contributed by atoms with Crippen LogP contribution >= 0.6 is 0 Å². The first-order chi connectivity index (χ1) is 13.8. The maximum atomic E-state index is 13.2. The summed E-state index contributed by atoms with van der Waals surface area (Å²) in [5.74, 6) is 1.09. The van der Waals surface area contributed by atoms with Crippen LogP contribution in [-0.4, -0.2) is 51.6 Å². The third-order valence-corrected chi connectivity index (χ3v) is 10.5. The van der Waals surface area contributed by atoms with Crippen LogP contribution in [-0.2, 0) is 20.0 Å². The standard InChI is InChI=1S/C21H34N2O4S2/c1-3-22(4-2)28(24,25)20-12-14-21(15-13-20)29(26,27)23-16-8-11-19(17-23)18-9-6-5-7-10-18/h12-15,18-19H,3-11,16-17H2,1-2H3. The summed E-state index contributed by atoms with van der Waals surface area (Å²) in [6.07, 6.45) is 8.26. The minimum atomic E-state index is -3.60. The van der Waals surface area contributed by atoms with Crippen molar-refractivity contribution in [3.63, 3.8) is 0 Å². The number of nitrogens with zero attached hydrogens (tertiary/aromatic N) is 2. The van der Waals surface area contributed by atoms with Crippen molar-refractivity contribution in [1.29, 1.82) is 0 Å². The topological polar surface area (TPSA) is 74.8 Å². The summed E-state index contributed by atoms with van der Waals surface area (Å²) in [6.45, 7) is 5.49. The van der Waals surface area contributed by atoms with Crippen LogP contribution < -0.4 is 0 Å². The van der Waals surface area contributed by atoms with Gasteiger partial charge in [0.2, 0.25) is 20.0 Å². The summed E-state index contributed by atoms with van der Waals surface area (Å²) in [5.41, 5.74) is 0. The normalized spacial score (nSPS) is 22.8. The number of hydrogen-bond donors (Lipinski definition) is 0. The highest BCUT2D eigenvalue weighted by Gasteiger charge is 2.34. The Hall–Kier alpha value is -0.960. The van der Waals surface area contributed by atoms with Gasteiger partial charge in [-0.2, -0.15) is 8.61 Å². The predicted octanol–water partition coefficient (Wildman–Crippen LogP) is 3.70. The van der Waals surface area contributed by atoms with E-state index in [2.05, 4.69) is 0 Å². The van der Waals surface area contributed by atoms with Crippen molar-refractivity contribution in [3.8, 4) is 0 Å². The molecule has 1 unspecified atom stereocenters. The van der Waals surface area contributed by atoms with E-state index < -0.39 is 20.0 Å². The zero-order chi connectivity index (χ0) is 21.1. The maximum absolute atomic E-state index is 13.2. The lowest BCUT2D eigenvalue weighted by atomic mass is 9.77. The van der Waals surface area contributed by atoms with Gasteiger partial charge in [-0.1, -0.05) is 46.0 Å². The summed E-state index contributed by atoms with van der Waals surface area (Å²) in [4.78, 5) is 0.319. The second kappa shape index (κ2) is 9.45. The molecule has 0 spiro atoms. The molecule has 1 aliphatic heterocycles. The molecule has 0 N–H and O–H groups in total. The highest BCUT2D eigenvalue weighted by atomic mass is 32.2. The van der Waals surface area contributed by atoms with E-state index in [0.29, 0.717) is 38.0 Å². The zero-order valence-electron chi connectivity index (χ0n) is 17.6. The van der Waals surface area contributed by atoms with Crippen LogP contribution in [0.25, 0.3) is 0 Å². The van der Waals surface area contributed by atoms with Gasteiger partial charge in [0.25, 0.3) is 0 Å². The number of piperidine rings is 1.